The summed E-state index contributed by atoms with van der Waals surface area (Å²) in [5.74, 6) is 1.14. The third-order valence-electron chi connectivity index (χ3n) is 2.84. The maximum absolute atomic E-state index is 11.3. The van der Waals surface area contributed by atoms with Crippen molar-refractivity contribution in [1.82, 2.24) is 0 Å². The largest absolute Gasteiger partial charge is 0.497 e. The number of ether oxygens (including phenoxy) is 2. The van der Waals surface area contributed by atoms with Gasteiger partial charge >= 0.3 is 5.97 Å². The summed E-state index contributed by atoms with van der Waals surface area (Å²) in [5.41, 5.74) is 0.936. The number of carbonyl (C=O) groups is 1. The quantitative estimate of drug-likeness (QED) is 0.439. The number of carboxylic acids is 1. The molecule has 0 bridgehead atoms. The van der Waals surface area contributed by atoms with Crippen LogP contribution in [-0.4, -0.2) is 18.2 Å². The van der Waals surface area contributed by atoms with Crippen LogP contribution in [0.2, 0.25) is 0 Å². The van der Waals surface area contributed by atoms with Gasteiger partial charge in [0, 0.05) is 0 Å². The monoisotopic (exact) mass is 522 g/mol. The first-order valence-corrected chi connectivity index (χ1v) is 8.38. The van der Waals surface area contributed by atoms with Crippen molar-refractivity contribution in [3.05, 3.63) is 55.7 Å². The Morgan fingerprint density at radius 1 is 0.909 bits per heavy atom. The van der Waals surface area contributed by atoms with Crippen molar-refractivity contribution >= 4 is 56.7 Å². The van der Waals surface area contributed by atoms with E-state index in [1.807, 2.05) is 69.4 Å². The molecular formula is C16H12I2O4. The number of hydrogen-bond acceptors (Lipinski definition) is 3. The summed E-state index contributed by atoms with van der Waals surface area (Å²) in [6.45, 7) is 0. The molecule has 0 unspecified atom stereocenters. The van der Waals surface area contributed by atoms with E-state index in [0.29, 0.717) is 18.6 Å². The van der Waals surface area contributed by atoms with Crippen LogP contribution in [0.15, 0.2) is 50.1 Å². The van der Waals surface area contributed by atoms with Gasteiger partial charge in [-0.25, -0.2) is 4.79 Å². The molecule has 0 fully saturated rings. The predicted octanol–water partition coefficient (Wildman–Crippen LogP) is 5.11. The first-order chi connectivity index (χ1) is 10.5. The molecule has 4 nitrogen and oxygen atoms in total. The van der Waals surface area contributed by atoms with Crippen LogP contribution >= 0.6 is 45.2 Å². The maximum atomic E-state index is 11.3. The van der Waals surface area contributed by atoms with Gasteiger partial charge in [-0.2, -0.15) is 0 Å². The first kappa shape index (κ1) is 17.1. The zero-order valence-corrected chi connectivity index (χ0v) is 15.9. The second kappa shape index (κ2) is 7.82. The SMILES string of the molecule is COc1ccc(Oc2ccc(C(C(=O)O)=C(I)I)cc2)cc1. The van der Waals surface area contributed by atoms with Gasteiger partial charge < -0.3 is 14.6 Å². The fourth-order valence-corrected chi connectivity index (χ4v) is 2.87. The first-order valence-electron chi connectivity index (χ1n) is 6.22. The van der Waals surface area contributed by atoms with Gasteiger partial charge in [0.15, 0.2) is 0 Å². The van der Waals surface area contributed by atoms with Gasteiger partial charge in [-0.05, 0) is 87.1 Å². The van der Waals surface area contributed by atoms with E-state index in [1.165, 1.54) is 0 Å². The summed E-state index contributed by atoms with van der Waals surface area (Å²) in [4.78, 5) is 11.3. The van der Waals surface area contributed by atoms with Crippen molar-refractivity contribution in [3.8, 4) is 17.2 Å². The molecule has 6 heteroatoms. The molecule has 2 rings (SSSR count). The van der Waals surface area contributed by atoms with E-state index < -0.39 is 5.97 Å². The van der Waals surface area contributed by atoms with Crippen LogP contribution in [0.25, 0.3) is 5.57 Å². The third kappa shape index (κ3) is 4.35. The zero-order chi connectivity index (χ0) is 16.1. The predicted molar refractivity (Wildman–Crippen MR) is 102 cm³/mol. The number of benzene rings is 2. The lowest BCUT2D eigenvalue weighted by Crippen LogP contribution is -2.00. The number of hydrogen-bond donors (Lipinski definition) is 1. The number of rotatable bonds is 5. The fourth-order valence-electron chi connectivity index (χ4n) is 1.78. The Morgan fingerprint density at radius 3 is 1.77 bits per heavy atom. The lowest BCUT2D eigenvalue weighted by molar-refractivity contribution is -0.130. The molecule has 0 aliphatic carbocycles. The lowest BCUT2D eigenvalue weighted by atomic mass is 10.1. The van der Waals surface area contributed by atoms with Crippen LogP contribution < -0.4 is 9.47 Å². The molecule has 0 aromatic heterocycles. The highest BCUT2D eigenvalue weighted by Gasteiger charge is 2.14. The molecule has 2 aromatic rings. The second-order valence-electron chi connectivity index (χ2n) is 4.24. The molecule has 2 aromatic carbocycles. The summed E-state index contributed by atoms with van der Waals surface area (Å²) in [6, 6.07) is 14.2. The molecule has 0 amide bonds. The number of carboxylic acid groups (broad SMARTS) is 1. The van der Waals surface area contributed by atoms with Gasteiger partial charge in [0.1, 0.15) is 17.2 Å². The minimum absolute atomic E-state index is 0.289. The standard InChI is InChI=1S/C16H12I2O4/c1-21-11-6-8-13(9-7-11)22-12-4-2-10(3-5-12)14(15(17)18)16(19)20/h2-9H,1H3,(H,19,20). The number of methoxy groups -OCH3 is 1. The highest BCUT2D eigenvalue weighted by molar-refractivity contribution is 14.2. The highest BCUT2D eigenvalue weighted by atomic mass is 127. The smallest absolute Gasteiger partial charge is 0.337 e. The molecule has 0 radical (unpaired) electrons. The lowest BCUT2D eigenvalue weighted by Gasteiger charge is -2.08. The molecule has 0 heterocycles. The zero-order valence-electron chi connectivity index (χ0n) is 11.5. The average Bonchev–Trinajstić information content (AvgIpc) is 2.49. The van der Waals surface area contributed by atoms with E-state index >= 15 is 0 Å². The van der Waals surface area contributed by atoms with E-state index in [1.54, 1.807) is 31.4 Å². The van der Waals surface area contributed by atoms with E-state index in [9.17, 15) is 9.90 Å². The number of aliphatic carboxylic acids is 1. The molecule has 0 aliphatic heterocycles. The van der Waals surface area contributed by atoms with Crippen molar-refractivity contribution in [2.24, 2.45) is 0 Å². The van der Waals surface area contributed by atoms with Crippen molar-refractivity contribution < 1.29 is 19.4 Å². The highest BCUT2D eigenvalue weighted by Crippen LogP contribution is 2.30. The van der Waals surface area contributed by atoms with Gasteiger partial charge in [-0.15, -0.1) is 0 Å². The Hall–Kier alpha value is -1.29. The van der Waals surface area contributed by atoms with Crippen molar-refractivity contribution in [2.75, 3.05) is 7.11 Å². The minimum atomic E-state index is -0.942. The second-order valence-corrected chi connectivity index (χ2v) is 8.46. The molecule has 1 N–H and O–H groups in total. The van der Waals surface area contributed by atoms with Gasteiger partial charge in [-0.1, -0.05) is 12.1 Å². The molecule has 0 spiro atoms. The Labute approximate surface area is 155 Å². The van der Waals surface area contributed by atoms with Crippen LogP contribution in [0.4, 0.5) is 0 Å². The Kier molecular flexibility index (Phi) is 6.07. The maximum Gasteiger partial charge on any atom is 0.337 e. The molecule has 0 atom stereocenters. The van der Waals surface area contributed by atoms with Crippen molar-refractivity contribution in [3.63, 3.8) is 0 Å². The molecule has 22 heavy (non-hydrogen) atoms. The Bertz CT molecular complexity index is 687. The van der Waals surface area contributed by atoms with Gasteiger partial charge in [0.2, 0.25) is 0 Å². The van der Waals surface area contributed by atoms with Crippen LogP contribution in [0.3, 0.4) is 0 Å². The van der Waals surface area contributed by atoms with Gasteiger partial charge in [0.05, 0.1) is 14.3 Å². The summed E-state index contributed by atoms with van der Waals surface area (Å²) >= 11 is 4.00. The van der Waals surface area contributed by atoms with Crippen molar-refractivity contribution in [1.29, 1.82) is 0 Å². The van der Waals surface area contributed by atoms with Crippen LogP contribution in [0, 0.1) is 0 Å². The number of halogens is 2. The molecule has 0 saturated heterocycles. The van der Waals surface area contributed by atoms with E-state index in [2.05, 4.69) is 0 Å². The molecule has 0 saturated carbocycles. The third-order valence-corrected chi connectivity index (χ3v) is 3.92. The van der Waals surface area contributed by atoms with Gasteiger partial charge in [-0.3, -0.25) is 0 Å². The minimum Gasteiger partial charge on any atom is -0.497 e. The van der Waals surface area contributed by atoms with Crippen LogP contribution in [0.1, 0.15) is 5.56 Å². The van der Waals surface area contributed by atoms with Crippen LogP contribution in [-0.2, 0) is 4.79 Å². The summed E-state index contributed by atoms with van der Waals surface area (Å²) in [6.07, 6.45) is 0. The van der Waals surface area contributed by atoms with E-state index in [0.717, 1.165) is 5.75 Å². The summed E-state index contributed by atoms with van der Waals surface area (Å²) in [7, 11) is 1.61. The normalized spacial score (nSPS) is 9.95. The topological polar surface area (TPSA) is 55.8 Å². The molecule has 0 aliphatic rings. The average molecular weight is 522 g/mol. The van der Waals surface area contributed by atoms with Gasteiger partial charge in [0.25, 0.3) is 0 Å². The summed E-state index contributed by atoms with van der Waals surface area (Å²) in [5, 5.41) is 9.24. The fraction of sp³-hybridized carbons (Fsp3) is 0.0625. The van der Waals surface area contributed by atoms with Crippen LogP contribution in [0.5, 0.6) is 17.2 Å². The summed E-state index contributed by atoms with van der Waals surface area (Å²) < 4.78 is 11.5. The van der Waals surface area contributed by atoms with Crippen molar-refractivity contribution in [2.45, 2.75) is 0 Å². The van der Waals surface area contributed by atoms with E-state index in [-0.39, 0.29) is 5.57 Å². The van der Waals surface area contributed by atoms with E-state index in [4.69, 9.17) is 9.47 Å². The Balaban J connectivity index is 2.18. The Morgan fingerprint density at radius 2 is 1.36 bits per heavy atom. The molecule has 114 valence electrons. The molecular weight excluding hydrogens is 510 g/mol.